The second kappa shape index (κ2) is 20.8. The Kier molecular flexibility index (Phi) is 12.4. The highest BCUT2D eigenvalue weighted by atomic mass is 16.5. The second-order valence-electron chi connectivity index (χ2n) is 17.2. The molecule has 0 aliphatic carbocycles. The van der Waals surface area contributed by atoms with E-state index in [-0.39, 0.29) is 88.0 Å². The first-order chi connectivity index (χ1) is 38.4. The zero-order valence-corrected chi connectivity index (χ0v) is 40.6. The van der Waals surface area contributed by atoms with Crippen molar-refractivity contribution in [3.8, 4) is 105 Å². The van der Waals surface area contributed by atoms with Gasteiger partial charge in [-0.1, -0.05) is 127 Å². The summed E-state index contributed by atoms with van der Waals surface area (Å²) in [4.78, 5) is 55.9. The average Bonchev–Trinajstić information content (AvgIpc) is 3.48. The molecule has 18 nitrogen and oxygen atoms in total. The zero-order chi connectivity index (χ0) is 52.0. The number of rotatable bonds is 9. The lowest BCUT2D eigenvalue weighted by Crippen LogP contribution is -2.05. The molecule has 0 atom stereocenters. The van der Waals surface area contributed by atoms with Gasteiger partial charge in [0.1, 0.15) is 34.5 Å². The fourth-order valence-corrected chi connectivity index (χ4v) is 7.90. The molecule has 372 valence electrons. The van der Waals surface area contributed by atoms with Crippen LogP contribution in [0, 0.1) is 0 Å². The molecule has 18 heteroatoms. The van der Waals surface area contributed by atoms with Gasteiger partial charge in [0.05, 0.1) is 17.1 Å². The summed E-state index contributed by atoms with van der Waals surface area (Å²) in [6.07, 6.45) is 5.33. The Morgan fingerprint density at radius 1 is 0.244 bits per heavy atom. The Morgan fingerprint density at radius 2 is 0.462 bits per heavy atom. The number of ether oxygens (including phenoxy) is 6. The van der Waals surface area contributed by atoms with Crippen LogP contribution < -0.4 is 28.4 Å². The molecule has 8 aromatic carbocycles. The van der Waals surface area contributed by atoms with Crippen LogP contribution in [0.3, 0.4) is 0 Å². The highest BCUT2D eigenvalue weighted by Gasteiger charge is 2.22. The Hall–Kier alpha value is -11.4. The topological polar surface area (TPSA) is 208 Å². The van der Waals surface area contributed by atoms with Crippen molar-refractivity contribution in [3.63, 3.8) is 0 Å². The minimum absolute atomic E-state index is 0.125. The molecule has 0 fully saturated rings. The van der Waals surface area contributed by atoms with Crippen LogP contribution in [-0.4, -0.2) is 63.5 Å². The third-order valence-corrected chi connectivity index (χ3v) is 11.6. The fourth-order valence-electron chi connectivity index (χ4n) is 7.90. The molecule has 0 spiro atoms. The SMILES string of the molecule is C(=Nc1ccccc1)c1ccc(-c2nc3nc(n2)Oc2cc4cc(c2)Oc2nc(nc(-c5ccc(C=Nc6ccccc6)cc5)n2)Oc2cc(cc(c2)Oc2nc(nc(-c5ccc(C=Nc6ccccc6)cc5)n2)O4)O3)cc1. The van der Waals surface area contributed by atoms with Crippen molar-refractivity contribution in [1.29, 1.82) is 0 Å². The predicted molar refractivity (Wildman–Crippen MR) is 290 cm³/mol. The Morgan fingerprint density at radius 3 is 0.679 bits per heavy atom. The van der Waals surface area contributed by atoms with E-state index in [9.17, 15) is 0 Å². The van der Waals surface area contributed by atoms with E-state index in [1.54, 1.807) is 55.0 Å². The van der Waals surface area contributed by atoms with Gasteiger partial charge in [0.25, 0.3) is 0 Å². The summed E-state index contributed by atoms with van der Waals surface area (Å²) in [5, 5.41) is 0. The first-order valence-corrected chi connectivity index (χ1v) is 24.2. The van der Waals surface area contributed by atoms with Gasteiger partial charge in [0.2, 0.25) is 0 Å². The molecule has 12 bridgehead atoms. The van der Waals surface area contributed by atoms with E-state index >= 15 is 0 Å². The van der Waals surface area contributed by atoms with Crippen LogP contribution >= 0.6 is 0 Å². The normalized spacial score (nSPS) is 12.3. The molecule has 0 saturated carbocycles. The summed E-state index contributed by atoms with van der Waals surface area (Å²) >= 11 is 0. The number of aromatic nitrogens is 9. The third kappa shape index (κ3) is 11.1. The number of hydrogen-bond donors (Lipinski definition) is 0. The van der Waals surface area contributed by atoms with E-state index in [0.717, 1.165) is 33.8 Å². The maximum atomic E-state index is 6.46. The van der Waals surface area contributed by atoms with Gasteiger partial charge in [-0.2, -0.15) is 29.9 Å². The Balaban J connectivity index is 0.907. The van der Waals surface area contributed by atoms with Crippen LogP contribution in [0.15, 0.2) is 215 Å². The van der Waals surface area contributed by atoms with Crippen LogP contribution in [0.5, 0.6) is 70.6 Å². The second-order valence-corrected chi connectivity index (χ2v) is 17.2. The summed E-state index contributed by atoms with van der Waals surface area (Å²) in [6, 6.07) is 60.3. The molecule has 0 N–H and O–H groups in total. The lowest BCUT2D eigenvalue weighted by Gasteiger charge is -2.16. The molecule has 6 heterocycles. The van der Waals surface area contributed by atoms with E-state index in [0.29, 0.717) is 16.7 Å². The lowest BCUT2D eigenvalue weighted by molar-refractivity contribution is 0.365. The summed E-state index contributed by atoms with van der Waals surface area (Å²) in [5.41, 5.74) is 6.96. The van der Waals surface area contributed by atoms with E-state index in [4.69, 9.17) is 58.3 Å². The first-order valence-electron chi connectivity index (χ1n) is 24.2. The minimum atomic E-state index is -0.125. The van der Waals surface area contributed by atoms with Crippen molar-refractivity contribution >= 4 is 35.7 Å². The number of para-hydroxylation sites is 3. The molecule has 3 aliphatic heterocycles. The van der Waals surface area contributed by atoms with E-state index in [1.807, 2.05) is 164 Å². The van der Waals surface area contributed by atoms with Crippen LogP contribution in [-0.2, 0) is 0 Å². The van der Waals surface area contributed by atoms with Gasteiger partial charge in [-0.3, -0.25) is 15.0 Å². The summed E-state index contributed by atoms with van der Waals surface area (Å²) < 4.78 is 38.8. The molecule has 3 aliphatic rings. The molecule has 14 rings (SSSR count). The summed E-state index contributed by atoms with van der Waals surface area (Å²) in [7, 11) is 0. The van der Waals surface area contributed by atoms with Gasteiger partial charge in [0.15, 0.2) is 17.5 Å². The average molecular weight is 1020 g/mol. The molecular formula is C60H36N12O6. The fraction of sp³-hybridized carbons (Fsp3) is 0. The van der Waals surface area contributed by atoms with Gasteiger partial charge in [-0.25, -0.2) is 0 Å². The van der Waals surface area contributed by atoms with Crippen molar-refractivity contribution in [3.05, 3.63) is 217 Å². The van der Waals surface area contributed by atoms with Gasteiger partial charge >= 0.3 is 36.1 Å². The molecule has 0 radical (unpaired) electrons. The Bertz CT molecular complexity index is 3520. The Labute approximate surface area is 443 Å². The van der Waals surface area contributed by atoms with Crippen LogP contribution in [0.1, 0.15) is 16.7 Å². The van der Waals surface area contributed by atoms with Crippen molar-refractivity contribution in [2.75, 3.05) is 0 Å². The minimum Gasteiger partial charge on any atom is -0.424 e. The van der Waals surface area contributed by atoms with E-state index < -0.39 is 0 Å². The van der Waals surface area contributed by atoms with Crippen molar-refractivity contribution in [2.24, 2.45) is 15.0 Å². The van der Waals surface area contributed by atoms with Gasteiger partial charge in [-0.15, -0.1) is 15.0 Å². The van der Waals surface area contributed by atoms with Crippen molar-refractivity contribution < 1.29 is 28.4 Å². The van der Waals surface area contributed by atoms with E-state index in [2.05, 4.69) is 29.9 Å². The van der Waals surface area contributed by atoms with Crippen LogP contribution in [0.2, 0.25) is 0 Å². The zero-order valence-electron chi connectivity index (χ0n) is 40.6. The quantitative estimate of drug-likeness (QED) is 0.123. The molecule has 0 unspecified atom stereocenters. The maximum Gasteiger partial charge on any atom is 0.328 e. The van der Waals surface area contributed by atoms with E-state index in [1.165, 1.54) is 0 Å². The molecule has 3 aromatic heterocycles. The van der Waals surface area contributed by atoms with Crippen molar-refractivity contribution in [1.82, 2.24) is 44.9 Å². The van der Waals surface area contributed by atoms with Crippen molar-refractivity contribution in [2.45, 2.75) is 0 Å². The molecule has 11 aromatic rings. The summed E-state index contributed by atoms with van der Waals surface area (Å²) in [5.74, 6) is 1.71. The van der Waals surface area contributed by atoms with Gasteiger partial charge in [-0.05, 0) is 53.1 Å². The number of aliphatic imine (C=N–C) groups is 3. The monoisotopic (exact) mass is 1020 g/mol. The highest BCUT2D eigenvalue weighted by Crippen LogP contribution is 2.39. The smallest absolute Gasteiger partial charge is 0.328 e. The lowest BCUT2D eigenvalue weighted by atomic mass is 10.1. The molecular weight excluding hydrogens is 985 g/mol. The molecule has 0 saturated heterocycles. The maximum absolute atomic E-state index is 6.46. The highest BCUT2D eigenvalue weighted by molar-refractivity contribution is 5.84. The number of hydrogen-bond acceptors (Lipinski definition) is 18. The molecule has 78 heavy (non-hydrogen) atoms. The largest absolute Gasteiger partial charge is 0.424 e. The van der Waals surface area contributed by atoms with Gasteiger partial charge < -0.3 is 28.4 Å². The standard InChI is InChI=1S/C60H36N12O6/c1-4-10-43(11-5-1)61-34-37-16-22-40(23-17-37)52-64-55-70-56(65-52)74-47-29-49-33-51(31-47)78-60-69-54(42-26-20-39(21-27-42)36-63-45-14-8-3-9-15-45)68-59(72-60)77-50-30-46(73-55)28-48(32-50)75-57-66-53(67-58(71-57)76-49)41-24-18-38(19-25-41)35-62-44-12-6-2-7-13-44/h1-36H. The predicted octanol–water partition coefficient (Wildman–Crippen LogP) is 13.9. The number of nitrogens with zero attached hydrogens (tertiary/aromatic N) is 12. The summed E-state index contributed by atoms with van der Waals surface area (Å²) in [6.45, 7) is 0. The third-order valence-electron chi connectivity index (χ3n) is 11.6. The number of benzene rings is 8. The van der Waals surface area contributed by atoms with Crippen LogP contribution in [0.4, 0.5) is 17.1 Å². The molecule has 0 amide bonds. The van der Waals surface area contributed by atoms with Crippen LogP contribution in [0.25, 0.3) is 34.2 Å². The van der Waals surface area contributed by atoms with Gasteiger partial charge in [0, 0.05) is 71.7 Å². The first kappa shape index (κ1) is 46.4.